The summed E-state index contributed by atoms with van der Waals surface area (Å²) in [5, 5.41) is 0. The monoisotopic (exact) mass is 253 g/mol. The van der Waals surface area contributed by atoms with E-state index in [9.17, 15) is 4.39 Å². The summed E-state index contributed by atoms with van der Waals surface area (Å²) < 4.78 is 18.8. The van der Waals surface area contributed by atoms with Crippen LogP contribution in [0, 0.1) is 5.82 Å². The number of benzene rings is 1. The summed E-state index contributed by atoms with van der Waals surface area (Å²) >= 11 is 0. The van der Waals surface area contributed by atoms with Gasteiger partial charge in [-0.05, 0) is 31.5 Å². The predicted molar refractivity (Wildman–Crippen MR) is 73.3 cm³/mol. The average Bonchev–Trinajstić information content (AvgIpc) is 2.35. The third-order valence-corrected chi connectivity index (χ3v) is 2.97. The van der Waals surface area contributed by atoms with Crippen molar-refractivity contribution < 1.29 is 9.13 Å². The molecule has 0 saturated heterocycles. The fourth-order valence-electron chi connectivity index (χ4n) is 1.89. The molecular formula is C15H24FNO. The van der Waals surface area contributed by atoms with Gasteiger partial charge in [0.15, 0.2) is 0 Å². The Bertz CT molecular complexity index is 352. The second-order valence-electron chi connectivity index (χ2n) is 4.73. The predicted octanol–water partition coefficient (Wildman–Crippen LogP) is 4.19. The van der Waals surface area contributed by atoms with E-state index in [1.165, 1.54) is 37.8 Å². The number of unbranched alkanes of at least 4 members (excludes halogenated alkanes) is 4. The van der Waals surface area contributed by atoms with Crippen LogP contribution >= 0.6 is 0 Å². The Labute approximate surface area is 109 Å². The minimum Gasteiger partial charge on any atom is -0.493 e. The lowest BCUT2D eigenvalue weighted by Gasteiger charge is -2.14. The molecule has 0 bridgehead atoms. The van der Waals surface area contributed by atoms with Crippen molar-refractivity contribution in [1.29, 1.82) is 0 Å². The van der Waals surface area contributed by atoms with Crippen LogP contribution in [0.1, 0.15) is 57.6 Å². The van der Waals surface area contributed by atoms with E-state index in [-0.39, 0.29) is 11.9 Å². The van der Waals surface area contributed by atoms with Crippen LogP contribution in [0.15, 0.2) is 18.2 Å². The highest BCUT2D eigenvalue weighted by atomic mass is 19.1. The Morgan fingerprint density at radius 2 is 1.94 bits per heavy atom. The van der Waals surface area contributed by atoms with Crippen LogP contribution < -0.4 is 10.5 Å². The molecule has 0 saturated carbocycles. The van der Waals surface area contributed by atoms with E-state index in [4.69, 9.17) is 10.5 Å². The molecule has 1 atom stereocenters. The zero-order valence-electron chi connectivity index (χ0n) is 11.4. The van der Waals surface area contributed by atoms with E-state index in [1.807, 2.05) is 6.92 Å². The molecule has 0 amide bonds. The summed E-state index contributed by atoms with van der Waals surface area (Å²) in [6.45, 7) is 4.71. The van der Waals surface area contributed by atoms with Crippen molar-refractivity contribution in [3.05, 3.63) is 29.6 Å². The first-order valence-corrected chi connectivity index (χ1v) is 6.83. The lowest BCUT2D eigenvalue weighted by molar-refractivity contribution is 0.300. The number of ether oxygens (including phenoxy) is 1. The molecule has 2 N–H and O–H groups in total. The molecule has 0 radical (unpaired) electrons. The van der Waals surface area contributed by atoms with Gasteiger partial charge in [0.05, 0.1) is 6.61 Å². The van der Waals surface area contributed by atoms with E-state index in [0.717, 1.165) is 12.0 Å². The van der Waals surface area contributed by atoms with Crippen molar-refractivity contribution in [1.82, 2.24) is 0 Å². The first kappa shape index (κ1) is 15.0. The first-order chi connectivity index (χ1) is 8.65. The quantitative estimate of drug-likeness (QED) is 0.705. The molecule has 0 heterocycles. The van der Waals surface area contributed by atoms with Crippen molar-refractivity contribution in [3.8, 4) is 5.75 Å². The lowest BCUT2D eigenvalue weighted by atomic mass is 10.1. The third-order valence-electron chi connectivity index (χ3n) is 2.97. The summed E-state index contributed by atoms with van der Waals surface area (Å²) in [5.41, 5.74) is 6.55. The molecule has 1 aromatic rings. The maximum absolute atomic E-state index is 13.1. The van der Waals surface area contributed by atoms with Gasteiger partial charge in [-0.3, -0.25) is 0 Å². The van der Waals surface area contributed by atoms with E-state index < -0.39 is 0 Å². The molecule has 3 heteroatoms. The maximum Gasteiger partial charge on any atom is 0.124 e. The zero-order chi connectivity index (χ0) is 13.4. The Morgan fingerprint density at radius 3 is 2.61 bits per heavy atom. The number of hydrogen-bond acceptors (Lipinski definition) is 2. The second-order valence-corrected chi connectivity index (χ2v) is 4.73. The van der Waals surface area contributed by atoms with E-state index in [2.05, 4.69) is 6.92 Å². The van der Waals surface area contributed by atoms with Gasteiger partial charge in [0.2, 0.25) is 0 Å². The van der Waals surface area contributed by atoms with Crippen molar-refractivity contribution in [2.75, 3.05) is 6.61 Å². The van der Waals surface area contributed by atoms with Gasteiger partial charge in [0.1, 0.15) is 11.6 Å². The maximum atomic E-state index is 13.1. The first-order valence-electron chi connectivity index (χ1n) is 6.83. The number of hydrogen-bond donors (Lipinski definition) is 1. The zero-order valence-corrected chi connectivity index (χ0v) is 11.4. The fourth-order valence-corrected chi connectivity index (χ4v) is 1.89. The van der Waals surface area contributed by atoms with Crippen LogP contribution in [0.4, 0.5) is 4.39 Å². The summed E-state index contributed by atoms with van der Waals surface area (Å²) in [6.07, 6.45) is 6.00. The molecule has 102 valence electrons. The van der Waals surface area contributed by atoms with Gasteiger partial charge in [0.25, 0.3) is 0 Å². The van der Waals surface area contributed by atoms with Gasteiger partial charge in [-0.2, -0.15) is 0 Å². The summed E-state index contributed by atoms with van der Waals surface area (Å²) in [6, 6.07) is 4.32. The van der Waals surface area contributed by atoms with E-state index in [1.54, 1.807) is 6.07 Å². The molecule has 0 aromatic heterocycles. The Balaban J connectivity index is 2.42. The highest BCUT2D eigenvalue weighted by Gasteiger charge is 2.09. The second kappa shape index (κ2) is 8.09. The van der Waals surface area contributed by atoms with Crippen molar-refractivity contribution in [2.45, 2.75) is 52.0 Å². The van der Waals surface area contributed by atoms with E-state index >= 15 is 0 Å². The van der Waals surface area contributed by atoms with Crippen LogP contribution in [-0.2, 0) is 0 Å². The SMILES string of the molecule is CCCCCCCOc1ccc(F)cc1[C@H](C)N. The molecular weight excluding hydrogens is 229 g/mol. The van der Waals surface area contributed by atoms with Gasteiger partial charge in [-0.25, -0.2) is 4.39 Å². The number of rotatable bonds is 8. The lowest BCUT2D eigenvalue weighted by Crippen LogP contribution is -2.09. The molecule has 1 aromatic carbocycles. The average molecular weight is 253 g/mol. The molecule has 2 nitrogen and oxygen atoms in total. The normalized spacial score (nSPS) is 12.4. The van der Waals surface area contributed by atoms with Gasteiger partial charge < -0.3 is 10.5 Å². The largest absolute Gasteiger partial charge is 0.493 e. The molecule has 0 aliphatic carbocycles. The topological polar surface area (TPSA) is 35.2 Å². The van der Waals surface area contributed by atoms with Gasteiger partial charge >= 0.3 is 0 Å². The smallest absolute Gasteiger partial charge is 0.124 e. The van der Waals surface area contributed by atoms with Crippen LogP contribution in [0.5, 0.6) is 5.75 Å². The Morgan fingerprint density at radius 1 is 1.22 bits per heavy atom. The van der Waals surface area contributed by atoms with Crippen LogP contribution in [-0.4, -0.2) is 6.61 Å². The number of halogens is 1. The summed E-state index contributed by atoms with van der Waals surface area (Å²) in [4.78, 5) is 0. The number of nitrogens with two attached hydrogens (primary N) is 1. The summed E-state index contributed by atoms with van der Waals surface area (Å²) in [7, 11) is 0. The Hall–Kier alpha value is -1.09. The molecule has 0 aliphatic rings. The molecule has 0 unspecified atom stereocenters. The van der Waals surface area contributed by atoms with Crippen LogP contribution in [0.2, 0.25) is 0 Å². The van der Waals surface area contributed by atoms with Gasteiger partial charge in [0, 0.05) is 11.6 Å². The summed E-state index contributed by atoms with van der Waals surface area (Å²) in [5.74, 6) is 0.444. The molecule has 0 fully saturated rings. The van der Waals surface area contributed by atoms with Crippen molar-refractivity contribution >= 4 is 0 Å². The highest BCUT2D eigenvalue weighted by molar-refractivity contribution is 5.36. The third kappa shape index (κ3) is 5.05. The highest BCUT2D eigenvalue weighted by Crippen LogP contribution is 2.25. The van der Waals surface area contributed by atoms with Crippen molar-refractivity contribution in [2.24, 2.45) is 5.73 Å². The van der Waals surface area contributed by atoms with E-state index in [0.29, 0.717) is 12.4 Å². The standard InChI is InChI=1S/C15H24FNO/c1-3-4-5-6-7-10-18-15-9-8-13(16)11-14(15)12(2)17/h8-9,11-12H,3-7,10,17H2,1-2H3/t12-/m0/s1. The van der Waals surface area contributed by atoms with Crippen molar-refractivity contribution in [3.63, 3.8) is 0 Å². The Kier molecular flexibility index (Phi) is 6.73. The molecule has 0 aliphatic heterocycles. The molecule has 1 rings (SSSR count). The molecule has 18 heavy (non-hydrogen) atoms. The minimum absolute atomic E-state index is 0.212. The van der Waals surface area contributed by atoms with Gasteiger partial charge in [-0.15, -0.1) is 0 Å². The minimum atomic E-state index is -0.266. The van der Waals surface area contributed by atoms with Gasteiger partial charge in [-0.1, -0.05) is 32.6 Å². The van der Waals surface area contributed by atoms with Crippen LogP contribution in [0.25, 0.3) is 0 Å². The van der Waals surface area contributed by atoms with Crippen LogP contribution in [0.3, 0.4) is 0 Å². The fraction of sp³-hybridized carbons (Fsp3) is 0.600. The molecule has 0 spiro atoms.